The number of nitrogens with one attached hydrogen (secondary N) is 1. The second-order valence-electron chi connectivity index (χ2n) is 4.99. The molecule has 2 aromatic rings. The zero-order valence-electron chi connectivity index (χ0n) is 13.3. The summed E-state index contributed by atoms with van der Waals surface area (Å²) in [6.45, 7) is 1.52. The summed E-state index contributed by atoms with van der Waals surface area (Å²) >= 11 is 0. The van der Waals surface area contributed by atoms with Crippen LogP contribution in [0.2, 0.25) is 0 Å². The molecule has 25 heavy (non-hydrogen) atoms. The van der Waals surface area contributed by atoms with Crippen LogP contribution in [0, 0.1) is 11.3 Å². The minimum atomic E-state index is -5.05. The molecule has 134 valence electrons. The predicted octanol–water partition coefficient (Wildman–Crippen LogP) is 2.76. The zero-order chi connectivity index (χ0) is 18.8. The molecule has 1 N–H and O–H groups in total. The van der Waals surface area contributed by atoms with Crippen molar-refractivity contribution in [1.82, 2.24) is 9.29 Å². The molecule has 0 amide bonds. The number of rotatable bonds is 5. The van der Waals surface area contributed by atoms with Crippen LogP contribution in [-0.4, -0.2) is 25.9 Å². The molecule has 0 unspecified atom stereocenters. The number of aromatic nitrogens is 1. The average molecular weight is 373 g/mol. The summed E-state index contributed by atoms with van der Waals surface area (Å²) in [5.41, 5.74) is 1.02. The van der Waals surface area contributed by atoms with Crippen molar-refractivity contribution in [2.75, 3.05) is 6.54 Å². The molecule has 0 spiro atoms. The first-order chi connectivity index (χ1) is 11.6. The second-order valence-corrected chi connectivity index (χ2v) is 6.72. The maximum atomic E-state index is 12.7. The third-order valence-corrected chi connectivity index (χ3v) is 4.91. The average Bonchev–Trinajstić information content (AvgIpc) is 2.86. The number of hydrogen-bond acceptors (Lipinski definition) is 4. The molecule has 0 fully saturated rings. The number of benzene rings is 1. The fourth-order valence-corrected chi connectivity index (χ4v) is 3.42. The normalized spacial score (nSPS) is 12.0. The number of halogens is 3. The molecule has 10 heteroatoms. The van der Waals surface area contributed by atoms with E-state index in [1.165, 1.54) is 23.6 Å². The quantitative estimate of drug-likeness (QED) is 0.873. The van der Waals surface area contributed by atoms with E-state index in [2.05, 4.69) is 9.46 Å². The van der Waals surface area contributed by atoms with E-state index >= 15 is 0 Å². The monoisotopic (exact) mass is 373 g/mol. The number of alkyl halides is 3. The Balaban J connectivity index is 2.62. The van der Waals surface area contributed by atoms with E-state index in [1.54, 1.807) is 13.1 Å². The van der Waals surface area contributed by atoms with Gasteiger partial charge in [0.25, 0.3) is 0 Å². The summed E-state index contributed by atoms with van der Waals surface area (Å²) in [5.74, 6) is -0.842. The lowest BCUT2D eigenvalue weighted by molar-refractivity contribution is -0.275. The molecule has 0 atom stereocenters. The van der Waals surface area contributed by atoms with E-state index in [-0.39, 0.29) is 12.1 Å². The van der Waals surface area contributed by atoms with Gasteiger partial charge in [-0.3, -0.25) is 0 Å². The van der Waals surface area contributed by atoms with Crippen LogP contribution in [-0.2, 0) is 17.1 Å². The number of ether oxygens (including phenoxy) is 1. The Bertz CT molecular complexity index is 928. The third kappa shape index (κ3) is 4.12. The van der Waals surface area contributed by atoms with Crippen molar-refractivity contribution in [2.24, 2.45) is 7.05 Å². The van der Waals surface area contributed by atoms with E-state index in [4.69, 9.17) is 5.26 Å². The number of nitriles is 1. The smallest absolute Gasteiger partial charge is 0.404 e. The van der Waals surface area contributed by atoms with Gasteiger partial charge in [0, 0.05) is 24.8 Å². The summed E-state index contributed by atoms with van der Waals surface area (Å²) in [6.07, 6.45) is -5.05. The minimum Gasteiger partial charge on any atom is -0.404 e. The van der Waals surface area contributed by atoms with Crippen LogP contribution in [0.3, 0.4) is 0 Å². The summed E-state index contributed by atoms with van der Waals surface area (Å²) in [4.78, 5) is -0.620. The van der Waals surface area contributed by atoms with Gasteiger partial charge in [0.1, 0.15) is 22.4 Å². The van der Waals surface area contributed by atoms with Crippen LogP contribution in [0.25, 0.3) is 11.3 Å². The Morgan fingerprint density at radius 2 is 1.96 bits per heavy atom. The molecule has 1 aromatic carbocycles. The van der Waals surface area contributed by atoms with E-state index in [9.17, 15) is 21.6 Å². The van der Waals surface area contributed by atoms with Crippen LogP contribution in [0.5, 0.6) is 5.75 Å². The summed E-state index contributed by atoms with van der Waals surface area (Å²) < 4.78 is 69.7. The molecule has 2 rings (SSSR count). The van der Waals surface area contributed by atoms with Gasteiger partial charge in [-0.15, -0.1) is 13.2 Å². The molecule has 1 heterocycles. The van der Waals surface area contributed by atoms with Crippen molar-refractivity contribution in [3.05, 3.63) is 36.0 Å². The first-order valence-corrected chi connectivity index (χ1v) is 8.53. The van der Waals surface area contributed by atoms with Gasteiger partial charge >= 0.3 is 6.36 Å². The van der Waals surface area contributed by atoms with Gasteiger partial charge in [0.2, 0.25) is 10.0 Å². The molecular formula is C15H14F3N3O3S. The number of nitrogens with zero attached hydrogens (tertiary/aromatic N) is 2. The maximum absolute atomic E-state index is 12.7. The molecule has 0 bridgehead atoms. The van der Waals surface area contributed by atoms with E-state index in [1.807, 2.05) is 6.07 Å². The van der Waals surface area contributed by atoms with Gasteiger partial charge in [0.05, 0.1) is 0 Å². The van der Waals surface area contributed by atoms with Crippen molar-refractivity contribution in [2.45, 2.75) is 18.2 Å². The fourth-order valence-electron chi connectivity index (χ4n) is 2.27. The Morgan fingerprint density at radius 3 is 2.48 bits per heavy atom. The van der Waals surface area contributed by atoms with Crippen molar-refractivity contribution in [3.8, 4) is 23.1 Å². The zero-order valence-corrected chi connectivity index (χ0v) is 14.1. The highest BCUT2D eigenvalue weighted by molar-refractivity contribution is 7.89. The summed E-state index contributed by atoms with van der Waals surface area (Å²) in [5, 5.41) is 8.96. The first kappa shape index (κ1) is 18.8. The molecular weight excluding hydrogens is 359 g/mol. The highest BCUT2D eigenvalue weighted by Crippen LogP contribution is 2.34. The van der Waals surface area contributed by atoms with Gasteiger partial charge in [-0.25, -0.2) is 13.1 Å². The van der Waals surface area contributed by atoms with Crippen LogP contribution in [0.1, 0.15) is 12.6 Å². The SMILES string of the molecule is CCNS(=O)(=O)c1ccc(-c2ccc(C#N)n2C)cc1OC(F)(F)F. The largest absolute Gasteiger partial charge is 0.573 e. The Hall–Kier alpha value is -2.51. The van der Waals surface area contributed by atoms with Gasteiger partial charge in [0.15, 0.2) is 0 Å². The lowest BCUT2D eigenvalue weighted by Gasteiger charge is -2.15. The molecule has 0 aliphatic rings. The van der Waals surface area contributed by atoms with Gasteiger partial charge < -0.3 is 9.30 Å². The molecule has 0 saturated heterocycles. The Morgan fingerprint density at radius 1 is 1.28 bits per heavy atom. The molecule has 0 radical (unpaired) electrons. The summed E-state index contributed by atoms with van der Waals surface area (Å²) in [6, 6.07) is 8.35. The molecule has 0 saturated carbocycles. The lowest BCUT2D eigenvalue weighted by atomic mass is 10.1. The molecule has 6 nitrogen and oxygen atoms in total. The van der Waals surface area contributed by atoms with Gasteiger partial charge in [-0.05, 0) is 24.3 Å². The lowest BCUT2D eigenvalue weighted by Crippen LogP contribution is -2.25. The van der Waals surface area contributed by atoms with Crippen molar-refractivity contribution < 1.29 is 26.3 Å². The predicted molar refractivity (Wildman–Crippen MR) is 83.1 cm³/mol. The molecule has 0 aliphatic heterocycles. The first-order valence-electron chi connectivity index (χ1n) is 7.04. The highest BCUT2D eigenvalue weighted by Gasteiger charge is 2.34. The second kappa shape index (κ2) is 6.78. The van der Waals surface area contributed by atoms with Crippen LogP contribution in [0.4, 0.5) is 13.2 Å². The van der Waals surface area contributed by atoms with Crippen LogP contribution in [0.15, 0.2) is 35.2 Å². The summed E-state index contributed by atoms with van der Waals surface area (Å²) in [7, 11) is -2.59. The number of hydrogen-bond donors (Lipinski definition) is 1. The third-order valence-electron chi connectivity index (χ3n) is 3.33. The standard InChI is InChI=1S/C15H14F3N3O3S/c1-3-20-25(22,23)14-7-4-10(8-13(14)24-15(16,17)18)12-6-5-11(9-19)21(12)2/h4-8,20H,3H2,1-2H3. The van der Waals surface area contributed by atoms with Crippen LogP contribution < -0.4 is 9.46 Å². The Labute approximate surface area is 142 Å². The maximum Gasteiger partial charge on any atom is 0.573 e. The van der Waals surface area contributed by atoms with Gasteiger partial charge in [-0.1, -0.05) is 13.0 Å². The highest BCUT2D eigenvalue weighted by atomic mass is 32.2. The van der Waals surface area contributed by atoms with Crippen molar-refractivity contribution in [3.63, 3.8) is 0 Å². The topological polar surface area (TPSA) is 84.1 Å². The molecule has 1 aromatic heterocycles. The van der Waals surface area contributed by atoms with Crippen molar-refractivity contribution >= 4 is 10.0 Å². The Kier molecular flexibility index (Phi) is 5.10. The van der Waals surface area contributed by atoms with E-state index in [0.29, 0.717) is 11.4 Å². The van der Waals surface area contributed by atoms with Crippen molar-refractivity contribution in [1.29, 1.82) is 5.26 Å². The van der Waals surface area contributed by atoms with Crippen LogP contribution >= 0.6 is 0 Å². The number of sulfonamides is 1. The fraction of sp³-hybridized carbons (Fsp3) is 0.267. The van der Waals surface area contributed by atoms with Gasteiger partial charge in [-0.2, -0.15) is 5.26 Å². The minimum absolute atomic E-state index is 0.0128. The molecule has 0 aliphatic carbocycles. The van der Waals surface area contributed by atoms with E-state index in [0.717, 1.165) is 12.1 Å². The van der Waals surface area contributed by atoms with E-state index < -0.39 is 27.0 Å².